The van der Waals surface area contributed by atoms with Gasteiger partial charge in [0.05, 0.1) is 13.2 Å². The van der Waals surface area contributed by atoms with Gasteiger partial charge in [0.15, 0.2) is 0 Å². The lowest BCUT2D eigenvalue weighted by molar-refractivity contribution is 0.124. The van der Waals surface area contributed by atoms with Crippen molar-refractivity contribution in [2.45, 2.75) is 13.2 Å². The third-order valence-corrected chi connectivity index (χ3v) is 3.15. The molecule has 0 spiro atoms. The molecule has 2 rings (SSSR count). The lowest BCUT2D eigenvalue weighted by atomic mass is 10.3. The van der Waals surface area contributed by atoms with Crippen LogP contribution < -0.4 is 5.32 Å². The summed E-state index contributed by atoms with van der Waals surface area (Å²) in [6.07, 6.45) is 3.66. The van der Waals surface area contributed by atoms with E-state index in [1.807, 2.05) is 18.3 Å². The fourth-order valence-electron chi connectivity index (χ4n) is 1.45. The molecule has 0 radical (unpaired) electrons. The zero-order valence-corrected chi connectivity index (χ0v) is 10.5. The summed E-state index contributed by atoms with van der Waals surface area (Å²) >= 11 is 1.73. The van der Waals surface area contributed by atoms with E-state index in [1.54, 1.807) is 17.5 Å². The molecule has 17 heavy (non-hydrogen) atoms. The van der Waals surface area contributed by atoms with Crippen LogP contribution in [-0.2, 0) is 17.9 Å². The highest BCUT2D eigenvalue weighted by Gasteiger charge is 1.94. The van der Waals surface area contributed by atoms with Crippen molar-refractivity contribution >= 4 is 11.3 Å². The number of hydrogen-bond donors (Lipinski definition) is 1. The van der Waals surface area contributed by atoms with E-state index in [-0.39, 0.29) is 0 Å². The number of thiophene rings is 1. The van der Waals surface area contributed by atoms with Crippen LogP contribution in [0.3, 0.4) is 0 Å². The van der Waals surface area contributed by atoms with Gasteiger partial charge in [-0.15, -0.1) is 11.3 Å². The Labute approximate surface area is 105 Å². The quantitative estimate of drug-likeness (QED) is 0.764. The Hall–Kier alpha value is -1.23. The van der Waals surface area contributed by atoms with E-state index in [9.17, 15) is 0 Å². The van der Waals surface area contributed by atoms with Crippen molar-refractivity contribution in [1.29, 1.82) is 0 Å². The maximum atomic E-state index is 5.55. The standard InChI is InChI=1S/C13H16N2OS/c1-3-12(9-14-5-1)10-15-6-7-16-11-13-4-2-8-17-13/h1-5,8-9,15H,6-7,10-11H2. The molecule has 0 aliphatic heterocycles. The molecule has 0 fully saturated rings. The molecular weight excluding hydrogens is 232 g/mol. The first-order valence-electron chi connectivity index (χ1n) is 5.65. The topological polar surface area (TPSA) is 34.2 Å². The first kappa shape index (κ1) is 12.2. The molecule has 2 aromatic heterocycles. The Bertz CT molecular complexity index is 403. The second kappa shape index (κ2) is 7.17. The van der Waals surface area contributed by atoms with Gasteiger partial charge in [-0.3, -0.25) is 4.98 Å². The van der Waals surface area contributed by atoms with Gasteiger partial charge in [0, 0.05) is 30.4 Å². The van der Waals surface area contributed by atoms with Gasteiger partial charge in [-0.25, -0.2) is 0 Å². The molecule has 0 aromatic carbocycles. The van der Waals surface area contributed by atoms with Crippen LogP contribution in [0.5, 0.6) is 0 Å². The van der Waals surface area contributed by atoms with Crippen molar-refractivity contribution in [1.82, 2.24) is 10.3 Å². The highest BCUT2D eigenvalue weighted by atomic mass is 32.1. The monoisotopic (exact) mass is 248 g/mol. The summed E-state index contributed by atoms with van der Waals surface area (Å²) in [5, 5.41) is 5.39. The van der Waals surface area contributed by atoms with E-state index < -0.39 is 0 Å². The van der Waals surface area contributed by atoms with Crippen LogP contribution in [0.1, 0.15) is 10.4 Å². The Morgan fingerprint density at radius 2 is 2.29 bits per heavy atom. The van der Waals surface area contributed by atoms with Gasteiger partial charge in [0.1, 0.15) is 0 Å². The van der Waals surface area contributed by atoms with Crippen molar-refractivity contribution in [3.05, 3.63) is 52.5 Å². The lowest BCUT2D eigenvalue weighted by Gasteiger charge is -2.05. The molecule has 0 saturated carbocycles. The van der Waals surface area contributed by atoms with Crippen molar-refractivity contribution < 1.29 is 4.74 Å². The Balaban J connectivity index is 1.52. The highest BCUT2D eigenvalue weighted by Crippen LogP contribution is 2.08. The average Bonchev–Trinajstić information content (AvgIpc) is 2.88. The fraction of sp³-hybridized carbons (Fsp3) is 0.308. The zero-order chi connectivity index (χ0) is 11.8. The van der Waals surface area contributed by atoms with Crippen LogP contribution in [0.4, 0.5) is 0 Å². The largest absolute Gasteiger partial charge is 0.375 e. The summed E-state index contributed by atoms with van der Waals surface area (Å²) in [6.45, 7) is 3.15. The van der Waals surface area contributed by atoms with Crippen molar-refractivity contribution in [2.24, 2.45) is 0 Å². The van der Waals surface area contributed by atoms with Gasteiger partial charge < -0.3 is 10.1 Å². The first-order chi connectivity index (χ1) is 8.45. The summed E-state index contributed by atoms with van der Waals surface area (Å²) in [7, 11) is 0. The summed E-state index contributed by atoms with van der Waals surface area (Å²) in [5.41, 5.74) is 1.20. The molecule has 4 heteroatoms. The molecule has 90 valence electrons. The highest BCUT2D eigenvalue weighted by molar-refractivity contribution is 7.09. The SMILES string of the molecule is c1cncc(CNCCOCc2cccs2)c1. The van der Waals surface area contributed by atoms with E-state index >= 15 is 0 Å². The van der Waals surface area contributed by atoms with Gasteiger partial charge in [-0.1, -0.05) is 12.1 Å². The molecular formula is C13H16N2OS. The normalized spacial score (nSPS) is 10.6. The minimum atomic E-state index is 0.715. The molecule has 0 amide bonds. The van der Waals surface area contributed by atoms with Gasteiger partial charge >= 0.3 is 0 Å². The Morgan fingerprint density at radius 1 is 1.29 bits per heavy atom. The second-order valence-corrected chi connectivity index (χ2v) is 4.70. The summed E-state index contributed by atoms with van der Waals surface area (Å²) in [6, 6.07) is 8.15. The second-order valence-electron chi connectivity index (χ2n) is 3.67. The Morgan fingerprint density at radius 3 is 3.06 bits per heavy atom. The van der Waals surface area contributed by atoms with E-state index in [0.29, 0.717) is 6.61 Å². The van der Waals surface area contributed by atoms with Gasteiger partial charge in [-0.2, -0.15) is 0 Å². The first-order valence-corrected chi connectivity index (χ1v) is 6.53. The molecule has 0 bridgehead atoms. The number of nitrogens with zero attached hydrogens (tertiary/aromatic N) is 1. The van der Waals surface area contributed by atoms with Gasteiger partial charge in [-0.05, 0) is 23.1 Å². The summed E-state index contributed by atoms with van der Waals surface area (Å²) in [4.78, 5) is 5.34. The number of nitrogens with one attached hydrogen (secondary N) is 1. The summed E-state index contributed by atoms with van der Waals surface area (Å²) in [5.74, 6) is 0. The molecule has 0 saturated heterocycles. The third-order valence-electron chi connectivity index (χ3n) is 2.30. The molecule has 1 N–H and O–H groups in total. The van der Waals surface area contributed by atoms with E-state index in [4.69, 9.17) is 4.74 Å². The van der Waals surface area contributed by atoms with E-state index in [0.717, 1.165) is 19.7 Å². The van der Waals surface area contributed by atoms with Crippen LogP contribution in [0, 0.1) is 0 Å². The smallest absolute Gasteiger partial charge is 0.0809 e. The van der Waals surface area contributed by atoms with Gasteiger partial charge in [0.25, 0.3) is 0 Å². The number of ether oxygens (including phenoxy) is 1. The predicted octanol–water partition coefficient (Wildman–Crippen LogP) is 2.45. The van der Waals surface area contributed by atoms with Crippen LogP contribution in [0.15, 0.2) is 42.0 Å². The van der Waals surface area contributed by atoms with Crippen LogP contribution in [-0.4, -0.2) is 18.1 Å². The van der Waals surface area contributed by atoms with Crippen LogP contribution in [0.25, 0.3) is 0 Å². The maximum absolute atomic E-state index is 5.55. The molecule has 2 aromatic rings. The number of aromatic nitrogens is 1. The number of pyridine rings is 1. The molecule has 2 heterocycles. The summed E-state index contributed by atoms with van der Waals surface area (Å²) < 4.78 is 5.55. The van der Waals surface area contributed by atoms with Crippen molar-refractivity contribution in [2.75, 3.05) is 13.2 Å². The van der Waals surface area contributed by atoms with Gasteiger partial charge in [0.2, 0.25) is 0 Å². The minimum Gasteiger partial charge on any atom is -0.375 e. The van der Waals surface area contributed by atoms with E-state index in [2.05, 4.69) is 27.8 Å². The fourth-order valence-corrected chi connectivity index (χ4v) is 2.09. The Kier molecular flexibility index (Phi) is 5.16. The predicted molar refractivity (Wildman–Crippen MR) is 69.9 cm³/mol. The lowest BCUT2D eigenvalue weighted by Crippen LogP contribution is -2.19. The zero-order valence-electron chi connectivity index (χ0n) is 9.63. The number of rotatable bonds is 7. The minimum absolute atomic E-state index is 0.715. The maximum Gasteiger partial charge on any atom is 0.0809 e. The molecule has 0 unspecified atom stereocenters. The molecule has 0 atom stereocenters. The average molecular weight is 248 g/mol. The van der Waals surface area contributed by atoms with Crippen LogP contribution in [0.2, 0.25) is 0 Å². The molecule has 0 aliphatic rings. The molecule has 3 nitrogen and oxygen atoms in total. The van der Waals surface area contributed by atoms with Crippen molar-refractivity contribution in [3.63, 3.8) is 0 Å². The van der Waals surface area contributed by atoms with Crippen LogP contribution >= 0.6 is 11.3 Å². The third kappa shape index (κ3) is 4.65. The number of hydrogen-bond acceptors (Lipinski definition) is 4. The van der Waals surface area contributed by atoms with E-state index in [1.165, 1.54) is 10.4 Å². The van der Waals surface area contributed by atoms with Crippen molar-refractivity contribution in [3.8, 4) is 0 Å². The molecule has 0 aliphatic carbocycles.